The van der Waals surface area contributed by atoms with Crippen LogP contribution in [0.1, 0.15) is 40.7 Å². The Bertz CT molecular complexity index is 650. The van der Waals surface area contributed by atoms with Gasteiger partial charge in [0.05, 0.1) is 6.04 Å². The van der Waals surface area contributed by atoms with E-state index < -0.39 is 0 Å². The van der Waals surface area contributed by atoms with E-state index in [0.29, 0.717) is 16.6 Å². The first-order chi connectivity index (χ1) is 9.63. The second kappa shape index (κ2) is 5.46. The average molecular weight is 304 g/mol. The van der Waals surface area contributed by atoms with E-state index in [1.54, 1.807) is 0 Å². The van der Waals surface area contributed by atoms with Crippen LogP contribution in [-0.2, 0) is 6.42 Å². The summed E-state index contributed by atoms with van der Waals surface area (Å²) in [5.74, 6) is 0.608. The number of thiocarbonyl (C=S) groups is 1. The topological polar surface area (TPSA) is 63.8 Å². The van der Waals surface area contributed by atoms with Crippen LogP contribution in [0, 0.1) is 6.92 Å². The number of aryl methyl sites for hydroxylation is 2. The SMILES string of the molecule is Cc1cc(C(N)=S)nc(NC2CCCc3sccc32)n1. The van der Waals surface area contributed by atoms with Crippen molar-refractivity contribution in [3.8, 4) is 0 Å². The molecular formula is C14H16N4S2. The lowest BCUT2D eigenvalue weighted by Crippen LogP contribution is -2.19. The van der Waals surface area contributed by atoms with Crippen molar-refractivity contribution in [3.05, 3.63) is 39.3 Å². The maximum Gasteiger partial charge on any atom is 0.224 e. The first kappa shape index (κ1) is 13.5. The monoisotopic (exact) mass is 304 g/mol. The summed E-state index contributed by atoms with van der Waals surface area (Å²) < 4.78 is 0. The summed E-state index contributed by atoms with van der Waals surface area (Å²) in [5.41, 5.74) is 8.53. The molecule has 3 rings (SSSR count). The maximum atomic E-state index is 5.66. The molecule has 0 fully saturated rings. The number of hydrogen-bond donors (Lipinski definition) is 2. The minimum atomic E-state index is 0.283. The van der Waals surface area contributed by atoms with Gasteiger partial charge in [-0.25, -0.2) is 9.97 Å². The standard InChI is InChI=1S/C14H16N4S2/c1-8-7-11(13(15)19)18-14(16-8)17-10-3-2-4-12-9(10)5-6-20-12/h5-7,10H,2-4H2,1H3,(H2,15,19)(H,16,17,18). The Morgan fingerprint density at radius 1 is 1.50 bits per heavy atom. The zero-order chi connectivity index (χ0) is 14.1. The largest absolute Gasteiger partial charge is 0.388 e. The summed E-state index contributed by atoms with van der Waals surface area (Å²) >= 11 is 6.83. The fraction of sp³-hybridized carbons (Fsp3) is 0.357. The van der Waals surface area contributed by atoms with E-state index in [1.807, 2.05) is 24.3 Å². The Morgan fingerprint density at radius 3 is 3.15 bits per heavy atom. The summed E-state index contributed by atoms with van der Waals surface area (Å²) in [6.45, 7) is 1.92. The Hall–Kier alpha value is -1.53. The third kappa shape index (κ3) is 2.66. The minimum absolute atomic E-state index is 0.283. The van der Waals surface area contributed by atoms with Crippen molar-refractivity contribution in [2.24, 2.45) is 5.73 Å². The molecule has 1 aliphatic rings. The fourth-order valence-electron chi connectivity index (χ4n) is 2.55. The molecule has 0 spiro atoms. The van der Waals surface area contributed by atoms with Gasteiger partial charge in [0, 0.05) is 10.6 Å². The van der Waals surface area contributed by atoms with Gasteiger partial charge in [-0.15, -0.1) is 11.3 Å². The zero-order valence-corrected chi connectivity index (χ0v) is 12.9. The molecule has 0 radical (unpaired) electrons. The van der Waals surface area contributed by atoms with Crippen molar-refractivity contribution in [1.82, 2.24) is 9.97 Å². The molecule has 6 heteroatoms. The molecule has 2 aromatic rings. The molecule has 0 amide bonds. The highest BCUT2D eigenvalue weighted by Gasteiger charge is 2.22. The molecule has 0 bridgehead atoms. The van der Waals surface area contributed by atoms with Gasteiger partial charge < -0.3 is 11.1 Å². The number of nitrogens with one attached hydrogen (secondary N) is 1. The van der Waals surface area contributed by atoms with E-state index >= 15 is 0 Å². The van der Waals surface area contributed by atoms with Crippen molar-refractivity contribution in [2.75, 3.05) is 5.32 Å². The van der Waals surface area contributed by atoms with Crippen LogP contribution < -0.4 is 11.1 Å². The second-order valence-corrected chi connectivity index (χ2v) is 6.41. The van der Waals surface area contributed by atoms with Gasteiger partial charge >= 0.3 is 0 Å². The van der Waals surface area contributed by atoms with Gasteiger partial charge in [0.15, 0.2) is 0 Å². The lowest BCUT2D eigenvalue weighted by atomic mass is 9.94. The fourth-order valence-corrected chi connectivity index (χ4v) is 3.64. The van der Waals surface area contributed by atoms with Crippen LogP contribution in [0.15, 0.2) is 17.5 Å². The number of aromatic nitrogens is 2. The van der Waals surface area contributed by atoms with E-state index in [1.165, 1.54) is 23.3 Å². The van der Waals surface area contributed by atoms with E-state index in [9.17, 15) is 0 Å². The van der Waals surface area contributed by atoms with Crippen LogP contribution in [0.4, 0.5) is 5.95 Å². The zero-order valence-electron chi connectivity index (χ0n) is 11.2. The summed E-state index contributed by atoms with van der Waals surface area (Å²) in [5, 5.41) is 5.58. The summed E-state index contributed by atoms with van der Waals surface area (Å²) in [7, 11) is 0. The molecule has 1 aliphatic carbocycles. The molecule has 0 aliphatic heterocycles. The van der Waals surface area contributed by atoms with E-state index in [-0.39, 0.29) is 6.04 Å². The van der Waals surface area contributed by atoms with Crippen molar-refractivity contribution in [2.45, 2.75) is 32.2 Å². The third-order valence-corrected chi connectivity index (χ3v) is 4.67. The van der Waals surface area contributed by atoms with Crippen LogP contribution in [0.2, 0.25) is 0 Å². The first-order valence-corrected chi connectivity index (χ1v) is 7.90. The van der Waals surface area contributed by atoms with E-state index in [0.717, 1.165) is 12.1 Å². The smallest absolute Gasteiger partial charge is 0.224 e. The maximum absolute atomic E-state index is 5.66. The molecule has 1 unspecified atom stereocenters. The molecule has 20 heavy (non-hydrogen) atoms. The molecule has 2 aromatic heterocycles. The van der Waals surface area contributed by atoms with Crippen molar-refractivity contribution in [3.63, 3.8) is 0 Å². The van der Waals surface area contributed by atoms with E-state index in [2.05, 4.69) is 26.7 Å². The molecule has 3 N–H and O–H groups in total. The number of hydrogen-bond acceptors (Lipinski definition) is 5. The van der Waals surface area contributed by atoms with Crippen molar-refractivity contribution >= 4 is 34.5 Å². The number of thiophene rings is 1. The highest BCUT2D eigenvalue weighted by Crippen LogP contribution is 2.34. The third-order valence-electron chi connectivity index (χ3n) is 3.46. The van der Waals surface area contributed by atoms with Gasteiger partial charge in [0.1, 0.15) is 10.7 Å². The van der Waals surface area contributed by atoms with Crippen molar-refractivity contribution < 1.29 is 0 Å². The van der Waals surface area contributed by atoms with Gasteiger partial charge in [-0.05, 0) is 49.3 Å². The second-order valence-electron chi connectivity index (χ2n) is 4.97. The highest BCUT2D eigenvalue weighted by molar-refractivity contribution is 7.80. The molecule has 1 atom stereocenters. The quantitative estimate of drug-likeness (QED) is 0.854. The Kier molecular flexibility index (Phi) is 3.67. The Balaban J connectivity index is 1.88. The molecule has 4 nitrogen and oxygen atoms in total. The first-order valence-electron chi connectivity index (χ1n) is 6.62. The lowest BCUT2D eigenvalue weighted by Gasteiger charge is -2.24. The van der Waals surface area contributed by atoms with Crippen LogP contribution in [-0.4, -0.2) is 15.0 Å². The summed E-state index contributed by atoms with van der Waals surface area (Å²) in [6, 6.07) is 4.29. The number of nitrogens with zero attached hydrogens (tertiary/aromatic N) is 2. The number of fused-ring (bicyclic) bond motifs is 1. The number of rotatable bonds is 3. The van der Waals surface area contributed by atoms with Crippen LogP contribution in [0.3, 0.4) is 0 Å². The van der Waals surface area contributed by atoms with Crippen LogP contribution in [0.25, 0.3) is 0 Å². The summed E-state index contributed by atoms with van der Waals surface area (Å²) in [6.07, 6.45) is 3.47. The van der Waals surface area contributed by atoms with Crippen LogP contribution >= 0.6 is 23.6 Å². The predicted octanol–water partition coefficient (Wildman–Crippen LogP) is 2.97. The molecule has 104 valence electrons. The molecule has 0 aromatic carbocycles. The minimum Gasteiger partial charge on any atom is -0.388 e. The van der Waals surface area contributed by atoms with Gasteiger partial charge in [-0.3, -0.25) is 0 Å². The normalized spacial score (nSPS) is 17.6. The van der Waals surface area contributed by atoms with Gasteiger partial charge in [-0.2, -0.15) is 0 Å². The van der Waals surface area contributed by atoms with Crippen molar-refractivity contribution in [1.29, 1.82) is 0 Å². The molecular weight excluding hydrogens is 288 g/mol. The van der Waals surface area contributed by atoms with Gasteiger partial charge in [0.25, 0.3) is 0 Å². The highest BCUT2D eigenvalue weighted by atomic mass is 32.1. The molecule has 0 saturated carbocycles. The molecule has 0 saturated heterocycles. The van der Waals surface area contributed by atoms with Gasteiger partial charge in [-0.1, -0.05) is 12.2 Å². The molecule has 2 heterocycles. The average Bonchev–Trinajstić information content (AvgIpc) is 2.87. The number of anilines is 1. The van der Waals surface area contributed by atoms with E-state index in [4.69, 9.17) is 18.0 Å². The Morgan fingerprint density at radius 2 is 2.35 bits per heavy atom. The Labute approximate surface area is 127 Å². The predicted molar refractivity (Wildman–Crippen MR) is 86.3 cm³/mol. The summed E-state index contributed by atoms with van der Waals surface area (Å²) in [4.78, 5) is 10.6. The number of nitrogens with two attached hydrogens (primary N) is 1. The van der Waals surface area contributed by atoms with Gasteiger partial charge in [0.2, 0.25) is 5.95 Å². The van der Waals surface area contributed by atoms with Crippen LogP contribution in [0.5, 0.6) is 0 Å². The lowest BCUT2D eigenvalue weighted by molar-refractivity contribution is 0.604.